The third kappa shape index (κ3) is 6.79. The Bertz CT molecular complexity index is 1460. The molecule has 206 valence electrons. The van der Waals surface area contributed by atoms with Gasteiger partial charge in [-0.25, -0.2) is 4.39 Å². The van der Waals surface area contributed by atoms with Crippen molar-refractivity contribution in [3.63, 3.8) is 0 Å². The first kappa shape index (κ1) is 29.3. The normalized spacial score (nSPS) is 11.1. The van der Waals surface area contributed by atoms with Crippen molar-refractivity contribution in [2.75, 3.05) is 5.73 Å². The molecule has 0 radical (unpaired) electrons. The second-order valence-corrected chi connectivity index (χ2v) is 8.71. The van der Waals surface area contributed by atoms with Crippen LogP contribution in [0.25, 0.3) is 16.9 Å². The van der Waals surface area contributed by atoms with Gasteiger partial charge in [-0.2, -0.15) is 13.2 Å². The van der Waals surface area contributed by atoms with Crippen molar-refractivity contribution in [1.82, 2.24) is 4.57 Å². The molecule has 0 bridgehead atoms. The highest BCUT2D eigenvalue weighted by molar-refractivity contribution is 5.75. The highest BCUT2D eigenvalue weighted by Crippen LogP contribution is 2.39. The summed E-state index contributed by atoms with van der Waals surface area (Å²) in [5.74, 6) is -1.24. The highest BCUT2D eigenvalue weighted by atomic mass is 19.4. The number of ether oxygens (including phenoxy) is 1. The van der Waals surface area contributed by atoms with E-state index in [2.05, 4.69) is 0 Å². The van der Waals surface area contributed by atoms with E-state index in [4.69, 9.17) is 10.5 Å². The Morgan fingerprint density at radius 2 is 1.64 bits per heavy atom. The molecule has 3 N–H and O–H groups in total. The Labute approximate surface area is 224 Å². The minimum Gasteiger partial charge on any atom is -0.488 e. The lowest BCUT2D eigenvalue weighted by atomic mass is 10.0. The topological polar surface area (TPSA) is 77.5 Å². The number of hydrogen-bond donors (Lipinski definition) is 2. The number of anilines is 1. The van der Waals surface area contributed by atoms with E-state index in [1.165, 1.54) is 30.3 Å². The van der Waals surface area contributed by atoms with E-state index in [0.29, 0.717) is 39.5 Å². The molecule has 4 aromatic rings. The van der Waals surface area contributed by atoms with Crippen LogP contribution < -0.4 is 10.5 Å². The zero-order valence-corrected chi connectivity index (χ0v) is 22.1. The van der Waals surface area contributed by atoms with Crippen LogP contribution in [0.5, 0.6) is 5.75 Å². The average Bonchev–Trinajstić information content (AvgIpc) is 3.27. The molecule has 0 atom stereocenters. The van der Waals surface area contributed by atoms with Crippen molar-refractivity contribution in [2.45, 2.75) is 46.9 Å². The van der Waals surface area contributed by atoms with Gasteiger partial charge in [0.05, 0.1) is 17.7 Å². The number of hydrogen-bond acceptors (Lipinski definition) is 3. The fourth-order valence-corrected chi connectivity index (χ4v) is 4.12. The molecule has 0 fully saturated rings. The second kappa shape index (κ2) is 12.1. The fraction of sp³-hybridized carbons (Fsp3) is 0.233. The number of benzene rings is 3. The third-order valence-corrected chi connectivity index (χ3v) is 6.11. The van der Waals surface area contributed by atoms with Gasteiger partial charge in [0.15, 0.2) is 0 Å². The molecular weight excluding hydrogens is 512 g/mol. The van der Waals surface area contributed by atoms with Gasteiger partial charge in [0, 0.05) is 22.6 Å². The summed E-state index contributed by atoms with van der Waals surface area (Å²) in [6.45, 7) is 7.51. The lowest BCUT2D eigenvalue weighted by Gasteiger charge is -2.19. The smallest absolute Gasteiger partial charge is 0.416 e. The Morgan fingerprint density at radius 3 is 2.26 bits per heavy atom. The van der Waals surface area contributed by atoms with Gasteiger partial charge in [0.2, 0.25) is 0 Å². The molecule has 0 aliphatic heterocycles. The molecule has 4 rings (SSSR count). The van der Waals surface area contributed by atoms with Crippen molar-refractivity contribution < 1.29 is 32.2 Å². The van der Waals surface area contributed by atoms with Crippen molar-refractivity contribution in [3.05, 3.63) is 100 Å². The highest BCUT2D eigenvalue weighted by Gasteiger charge is 2.32. The third-order valence-electron chi connectivity index (χ3n) is 6.11. The molecule has 9 heteroatoms. The summed E-state index contributed by atoms with van der Waals surface area (Å²) in [7, 11) is 0. The average molecular weight is 543 g/mol. The number of halogens is 4. The predicted octanol–water partition coefficient (Wildman–Crippen LogP) is 7.73. The Balaban J connectivity index is 0.00000205. The van der Waals surface area contributed by atoms with Crippen LogP contribution in [-0.4, -0.2) is 15.6 Å². The van der Waals surface area contributed by atoms with Crippen molar-refractivity contribution in [3.8, 4) is 22.7 Å². The van der Waals surface area contributed by atoms with Gasteiger partial charge in [-0.3, -0.25) is 4.79 Å². The molecule has 0 unspecified atom stereocenters. The number of carboxylic acid groups (broad SMARTS) is 1. The van der Waals surface area contributed by atoms with Crippen molar-refractivity contribution in [1.29, 1.82) is 0 Å². The second-order valence-electron chi connectivity index (χ2n) is 8.71. The summed E-state index contributed by atoms with van der Waals surface area (Å²) in [4.78, 5) is 11.4. The zero-order valence-electron chi connectivity index (χ0n) is 22.1. The number of nitrogen functional groups attached to an aromatic ring is 1. The van der Waals surface area contributed by atoms with Crippen LogP contribution in [0.4, 0.5) is 23.2 Å². The van der Waals surface area contributed by atoms with Gasteiger partial charge in [0.1, 0.15) is 18.2 Å². The number of aliphatic carboxylic acids is 1. The summed E-state index contributed by atoms with van der Waals surface area (Å²) in [6.07, 6.45) is -4.84. The first-order chi connectivity index (χ1) is 18.4. The molecule has 1 aromatic heterocycles. The van der Waals surface area contributed by atoms with Crippen LogP contribution in [-0.2, 0) is 24.0 Å². The molecule has 39 heavy (non-hydrogen) atoms. The van der Waals surface area contributed by atoms with E-state index in [-0.39, 0.29) is 24.3 Å². The lowest BCUT2D eigenvalue weighted by molar-refractivity contribution is -0.138. The van der Waals surface area contributed by atoms with Crippen LogP contribution in [0, 0.1) is 19.7 Å². The van der Waals surface area contributed by atoms with Crippen LogP contribution in [0.3, 0.4) is 0 Å². The molecule has 0 amide bonds. The van der Waals surface area contributed by atoms with Crippen LogP contribution in [0.15, 0.2) is 66.7 Å². The maximum absolute atomic E-state index is 13.6. The number of aromatic nitrogens is 1. The largest absolute Gasteiger partial charge is 0.488 e. The number of nitrogens with two attached hydrogens (primary N) is 1. The van der Waals surface area contributed by atoms with Crippen LogP contribution >= 0.6 is 0 Å². The van der Waals surface area contributed by atoms with E-state index in [1.807, 2.05) is 13.8 Å². The van der Waals surface area contributed by atoms with Gasteiger partial charge in [0.25, 0.3) is 0 Å². The monoisotopic (exact) mass is 542 g/mol. The SMILES string of the molecule is CC.Cc1c(N)cc(-n2c(C)ccc2-c2cc(C(F)(F)F)ccc2OCc2ccc(F)cc2)cc1CC(=O)O. The first-order valence-corrected chi connectivity index (χ1v) is 12.3. The molecule has 1 heterocycles. The van der Waals surface area contributed by atoms with Gasteiger partial charge >= 0.3 is 12.1 Å². The van der Waals surface area contributed by atoms with Gasteiger partial charge in [-0.1, -0.05) is 26.0 Å². The fourth-order valence-electron chi connectivity index (χ4n) is 4.12. The van der Waals surface area contributed by atoms with E-state index >= 15 is 0 Å². The first-order valence-electron chi connectivity index (χ1n) is 12.3. The molecule has 0 aliphatic rings. The summed E-state index contributed by atoms with van der Waals surface area (Å²) < 4.78 is 61.8. The van der Waals surface area contributed by atoms with E-state index < -0.39 is 23.5 Å². The van der Waals surface area contributed by atoms with E-state index in [9.17, 15) is 27.5 Å². The maximum atomic E-state index is 13.6. The van der Waals surface area contributed by atoms with Crippen LogP contribution in [0.1, 0.15) is 41.8 Å². The van der Waals surface area contributed by atoms with E-state index in [0.717, 1.165) is 12.1 Å². The summed E-state index contributed by atoms with van der Waals surface area (Å²) in [5.41, 5.74) is 9.25. The molecular formula is C30H30F4N2O3. The van der Waals surface area contributed by atoms with Crippen molar-refractivity contribution >= 4 is 11.7 Å². The summed E-state index contributed by atoms with van der Waals surface area (Å²) in [6, 6.07) is 15.6. The Kier molecular flexibility index (Phi) is 9.06. The standard InChI is InChI=1S/C28H24F4N2O3.C2H6/c1-16-3-9-25(34(16)22-11-19(12-27(35)36)17(2)24(33)14-22)23-13-20(28(30,31)32)6-10-26(23)37-15-18-4-7-21(29)8-5-18;1-2/h3-11,13-14H,12,15,33H2,1-2H3,(H,35,36);1-2H3. The van der Waals surface area contributed by atoms with E-state index in [1.54, 1.807) is 42.7 Å². The molecule has 5 nitrogen and oxygen atoms in total. The number of rotatable bonds is 7. The molecule has 3 aromatic carbocycles. The summed E-state index contributed by atoms with van der Waals surface area (Å²) in [5, 5.41) is 9.31. The van der Waals surface area contributed by atoms with Gasteiger partial charge in [-0.05, 0) is 85.1 Å². The minimum atomic E-state index is -4.58. The number of alkyl halides is 3. The number of carbonyl (C=O) groups is 1. The number of nitrogens with zero attached hydrogens (tertiary/aromatic N) is 1. The van der Waals surface area contributed by atoms with Gasteiger partial charge < -0.3 is 20.1 Å². The molecule has 0 aliphatic carbocycles. The Morgan fingerprint density at radius 1 is 0.974 bits per heavy atom. The quantitative estimate of drug-likeness (QED) is 0.185. The zero-order chi connectivity index (χ0) is 28.9. The maximum Gasteiger partial charge on any atom is 0.416 e. The van der Waals surface area contributed by atoms with Crippen LogP contribution in [0.2, 0.25) is 0 Å². The molecule has 0 spiro atoms. The molecule has 0 saturated carbocycles. The Hall–Kier alpha value is -4.27. The van der Waals surface area contributed by atoms with Gasteiger partial charge in [-0.15, -0.1) is 0 Å². The summed E-state index contributed by atoms with van der Waals surface area (Å²) >= 11 is 0. The molecule has 0 saturated heterocycles. The van der Waals surface area contributed by atoms with Crippen molar-refractivity contribution in [2.24, 2.45) is 0 Å². The number of carboxylic acids is 1. The minimum absolute atomic E-state index is 0.0125. The predicted molar refractivity (Wildman–Crippen MR) is 144 cm³/mol. The number of aryl methyl sites for hydroxylation is 1. The lowest BCUT2D eigenvalue weighted by Crippen LogP contribution is -2.09.